The minimum absolute atomic E-state index is 0.153. The van der Waals surface area contributed by atoms with Crippen molar-refractivity contribution in [2.75, 3.05) is 13.2 Å². The molecule has 3 aromatic heterocycles. The van der Waals surface area contributed by atoms with E-state index in [-0.39, 0.29) is 18.2 Å². The summed E-state index contributed by atoms with van der Waals surface area (Å²) in [7, 11) is 0. The predicted molar refractivity (Wildman–Crippen MR) is 106 cm³/mol. The van der Waals surface area contributed by atoms with E-state index in [2.05, 4.69) is 20.4 Å². The monoisotopic (exact) mass is 437 g/mol. The van der Waals surface area contributed by atoms with Crippen LogP contribution >= 0.6 is 0 Å². The Bertz CT molecular complexity index is 1070. The van der Waals surface area contributed by atoms with Crippen LogP contribution in [0, 0.1) is 6.92 Å². The number of alkyl halides is 3. The molecule has 2 N–H and O–H groups in total. The normalized spacial score (nSPS) is 12.7. The Morgan fingerprint density at radius 2 is 2.13 bits per heavy atom. The van der Waals surface area contributed by atoms with Crippen LogP contribution in [0.15, 0.2) is 30.7 Å². The second-order valence-corrected chi connectivity index (χ2v) is 7.16. The Balaban J connectivity index is 1.74. The molecule has 3 rings (SSSR count). The Morgan fingerprint density at radius 3 is 2.81 bits per heavy atom. The van der Waals surface area contributed by atoms with E-state index in [9.17, 15) is 18.0 Å². The third kappa shape index (κ3) is 5.91. The van der Waals surface area contributed by atoms with Gasteiger partial charge in [0.05, 0.1) is 37.1 Å². The summed E-state index contributed by atoms with van der Waals surface area (Å²) in [6, 6.07) is 3.03. The molecule has 3 aromatic rings. The molecule has 0 aliphatic heterocycles. The summed E-state index contributed by atoms with van der Waals surface area (Å²) in [5.74, 6) is -0.260. The van der Waals surface area contributed by atoms with Gasteiger partial charge in [-0.1, -0.05) is 0 Å². The van der Waals surface area contributed by atoms with Crippen LogP contribution < -0.4 is 10.1 Å². The number of hydrogen-bond acceptors (Lipinski definition) is 6. The summed E-state index contributed by atoms with van der Waals surface area (Å²) in [4.78, 5) is 20.6. The average Bonchev–Trinajstić information content (AvgIpc) is 3.10. The standard InChI is InChI=1S/C20H22F3N5O3/c1-12-7-14(8-25-19(12)31-6-4-20(21,22)23)9-28-10-15-16(27-28)3-5-24-17(15)18(30)26-13(2)11-29/h3,5,7-8,10,13,29H,4,6,9,11H2,1-2H3,(H,26,30). The molecule has 0 aliphatic rings. The van der Waals surface area contributed by atoms with Crippen LogP contribution in [0.1, 0.15) is 35.0 Å². The van der Waals surface area contributed by atoms with Crippen molar-refractivity contribution < 1.29 is 27.8 Å². The first-order valence-corrected chi connectivity index (χ1v) is 9.55. The first-order valence-electron chi connectivity index (χ1n) is 9.55. The van der Waals surface area contributed by atoms with E-state index in [1.54, 1.807) is 36.9 Å². The highest BCUT2D eigenvalue weighted by atomic mass is 19.4. The summed E-state index contributed by atoms with van der Waals surface area (Å²) >= 11 is 0. The van der Waals surface area contributed by atoms with Crippen molar-refractivity contribution in [1.29, 1.82) is 0 Å². The van der Waals surface area contributed by atoms with Gasteiger partial charge in [0.25, 0.3) is 5.91 Å². The van der Waals surface area contributed by atoms with Crippen molar-refractivity contribution >= 4 is 16.8 Å². The van der Waals surface area contributed by atoms with E-state index >= 15 is 0 Å². The minimum Gasteiger partial charge on any atom is -0.477 e. The van der Waals surface area contributed by atoms with Crippen molar-refractivity contribution in [2.45, 2.75) is 39.0 Å². The molecule has 3 heterocycles. The van der Waals surface area contributed by atoms with Crippen molar-refractivity contribution in [1.82, 2.24) is 25.1 Å². The average molecular weight is 437 g/mol. The Hall–Kier alpha value is -3.21. The molecule has 0 aliphatic carbocycles. The topological polar surface area (TPSA) is 102 Å². The van der Waals surface area contributed by atoms with Gasteiger partial charge in [0.15, 0.2) is 0 Å². The molecule has 1 amide bonds. The molecule has 0 saturated heterocycles. The number of aliphatic hydroxyl groups excluding tert-OH is 1. The number of nitrogens with one attached hydrogen (secondary N) is 1. The number of halogens is 3. The molecule has 0 fully saturated rings. The highest BCUT2D eigenvalue weighted by molar-refractivity contribution is 6.04. The molecule has 1 unspecified atom stereocenters. The van der Waals surface area contributed by atoms with E-state index in [0.717, 1.165) is 5.56 Å². The number of nitrogens with zero attached hydrogens (tertiary/aromatic N) is 4. The predicted octanol–water partition coefficient (Wildman–Crippen LogP) is 2.62. The Morgan fingerprint density at radius 1 is 1.35 bits per heavy atom. The lowest BCUT2D eigenvalue weighted by Crippen LogP contribution is -2.35. The van der Waals surface area contributed by atoms with Crippen LogP contribution in [0.2, 0.25) is 0 Å². The van der Waals surface area contributed by atoms with Gasteiger partial charge in [-0.3, -0.25) is 14.5 Å². The Kier molecular flexibility index (Phi) is 6.74. The lowest BCUT2D eigenvalue weighted by atomic mass is 10.2. The van der Waals surface area contributed by atoms with E-state index in [1.165, 1.54) is 12.4 Å². The highest BCUT2D eigenvalue weighted by Gasteiger charge is 2.27. The second-order valence-electron chi connectivity index (χ2n) is 7.16. The number of pyridine rings is 2. The summed E-state index contributed by atoms with van der Waals surface area (Å²) in [6.07, 6.45) is -0.647. The number of ether oxygens (including phenoxy) is 1. The minimum atomic E-state index is -4.28. The van der Waals surface area contributed by atoms with Crippen molar-refractivity contribution in [3.05, 3.63) is 47.5 Å². The number of rotatable bonds is 8. The molecule has 0 saturated carbocycles. The SMILES string of the molecule is Cc1cc(Cn2cc3c(C(=O)NC(C)CO)nccc3n2)cnc1OCCC(F)(F)F. The number of amides is 1. The third-order valence-corrected chi connectivity index (χ3v) is 4.40. The van der Waals surface area contributed by atoms with E-state index in [0.29, 0.717) is 23.0 Å². The van der Waals surface area contributed by atoms with Crippen molar-refractivity contribution in [2.24, 2.45) is 0 Å². The number of carbonyl (C=O) groups is 1. The lowest BCUT2D eigenvalue weighted by Gasteiger charge is -2.11. The van der Waals surface area contributed by atoms with E-state index < -0.39 is 31.2 Å². The first-order chi connectivity index (χ1) is 14.7. The summed E-state index contributed by atoms with van der Waals surface area (Å²) in [5, 5.41) is 16.8. The number of aromatic nitrogens is 4. The molecule has 0 aromatic carbocycles. The van der Waals surface area contributed by atoms with Crippen molar-refractivity contribution in [3.8, 4) is 5.88 Å². The molecule has 1 atom stereocenters. The molecule has 31 heavy (non-hydrogen) atoms. The largest absolute Gasteiger partial charge is 0.477 e. The highest BCUT2D eigenvalue weighted by Crippen LogP contribution is 2.22. The molecular formula is C20H22F3N5O3. The maximum absolute atomic E-state index is 12.4. The molecule has 0 radical (unpaired) electrons. The fraction of sp³-hybridized carbons (Fsp3) is 0.400. The zero-order chi connectivity index (χ0) is 22.6. The van der Waals surface area contributed by atoms with Crippen LogP contribution in [-0.2, 0) is 6.54 Å². The van der Waals surface area contributed by atoms with Gasteiger partial charge >= 0.3 is 6.18 Å². The van der Waals surface area contributed by atoms with Gasteiger partial charge in [0.1, 0.15) is 5.69 Å². The smallest absolute Gasteiger partial charge is 0.392 e. The molecule has 0 bridgehead atoms. The Labute approximate surface area is 176 Å². The summed E-state index contributed by atoms with van der Waals surface area (Å²) in [6.45, 7) is 3.03. The summed E-state index contributed by atoms with van der Waals surface area (Å²) < 4.78 is 43.5. The van der Waals surface area contributed by atoms with Gasteiger partial charge in [-0.15, -0.1) is 0 Å². The van der Waals surface area contributed by atoms with E-state index in [1.807, 2.05) is 0 Å². The van der Waals surface area contributed by atoms with Gasteiger partial charge in [-0.2, -0.15) is 18.3 Å². The maximum Gasteiger partial charge on any atom is 0.392 e. The number of carbonyl (C=O) groups excluding carboxylic acids is 1. The van der Waals surface area contributed by atoms with Gasteiger partial charge < -0.3 is 15.2 Å². The zero-order valence-electron chi connectivity index (χ0n) is 17.0. The number of hydrogen-bond donors (Lipinski definition) is 2. The second kappa shape index (κ2) is 9.29. The van der Waals surface area contributed by atoms with Crippen LogP contribution in [0.3, 0.4) is 0 Å². The van der Waals surface area contributed by atoms with Crippen LogP contribution in [0.5, 0.6) is 5.88 Å². The number of aryl methyl sites for hydroxylation is 1. The van der Waals surface area contributed by atoms with E-state index in [4.69, 9.17) is 9.84 Å². The van der Waals surface area contributed by atoms with Gasteiger partial charge in [0.2, 0.25) is 5.88 Å². The summed E-state index contributed by atoms with van der Waals surface area (Å²) in [5.41, 5.74) is 2.15. The van der Waals surface area contributed by atoms with Gasteiger partial charge in [-0.05, 0) is 31.5 Å². The van der Waals surface area contributed by atoms with Gasteiger partial charge in [-0.25, -0.2) is 4.98 Å². The van der Waals surface area contributed by atoms with Crippen LogP contribution in [-0.4, -0.2) is 56.2 Å². The van der Waals surface area contributed by atoms with Crippen LogP contribution in [0.4, 0.5) is 13.2 Å². The van der Waals surface area contributed by atoms with Crippen LogP contribution in [0.25, 0.3) is 10.9 Å². The lowest BCUT2D eigenvalue weighted by molar-refractivity contribution is -0.139. The zero-order valence-corrected chi connectivity index (χ0v) is 17.0. The quantitative estimate of drug-likeness (QED) is 0.562. The van der Waals surface area contributed by atoms with Gasteiger partial charge in [0, 0.05) is 30.2 Å². The first kappa shape index (κ1) is 22.5. The molecule has 11 heteroatoms. The molecule has 166 valence electrons. The molecule has 0 spiro atoms. The fourth-order valence-corrected chi connectivity index (χ4v) is 2.90. The molecule has 8 nitrogen and oxygen atoms in total. The maximum atomic E-state index is 12.4. The molecular weight excluding hydrogens is 415 g/mol. The number of aliphatic hydroxyl groups is 1. The fourth-order valence-electron chi connectivity index (χ4n) is 2.90. The van der Waals surface area contributed by atoms with Crippen molar-refractivity contribution in [3.63, 3.8) is 0 Å². The number of fused-ring (bicyclic) bond motifs is 1. The third-order valence-electron chi connectivity index (χ3n) is 4.40.